The van der Waals surface area contributed by atoms with E-state index in [1.54, 1.807) is 12.4 Å². The average Bonchev–Trinajstić information content (AvgIpc) is 3.39. The number of aromatic nitrogens is 6. The summed E-state index contributed by atoms with van der Waals surface area (Å²) >= 11 is 0. The number of hydrogen-bond donors (Lipinski definition) is 2. The average molecular weight is 387 g/mol. The van der Waals surface area contributed by atoms with E-state index in [0.29, 0.717) is 37.8 Å². The molecule has 0 bridgehead atoms. The first-order chi connectivity index (χ1) is 13.8. The highest BCUT2D eigenvalue weighted by molar-refractivity contribution is 5.63. The molecule has 2 aliphatic rings. The molecule has 2 aliphatic heterocycles. The molecule has 3 aromatic rings. The Morgan fingerprint density at radius 2 is 2.00 bits per heavy atom. The monoisotopic (exact) mass is 387 g/mol. The van der Waals surface area contributed by atoms with Gasteiger partial charge in [-0.3, -0.25) is 10.1 Å². The number of anilines is 1. The van der Waals surface area contributed by atoms with Crippen molar-refractivity contribution in [3.8, 4) is 11.3 Å². The second-order valence-electron chi connectivity index (χ2n) is 7.20. The van der Waals surface area contributed by atoms with Gasteiger partial charge in [0.2, 0.25) is 5.95 Å². The Morgan fingerprint density at radius 3 is 2.79 bits per heavy atom. The molecule has 0 aromatic carbocycles. The zero-order chi connectivity index (χ0) is 18.9. The van der Waals surface area contributed by atoms with Gasteiger partial charge in [-0.25, -0.2) is 8.91 Å². The van der Waals surface area contributed by atoms with Gasteiger partial charge < -0.3 is 14.8 Å². The van der Waals surface area contributed by atoms with Gasteiger partial charge in [0.05, 0.1) is 36.4 Å². The maximum atomic E-state index is 14.1. The van der Waals surface area contributed by atoms with E-state index in [1.807, 2.05) is 10.7 Å². The van der Waals surface area contributed by atoms with Crippen LogP contribution in [0.15, 0.2) is 18.6 Å². The summed E-state index contributed by atoms with van der Waals surface area (Å²) < 4.78 is 26.7. The lowest BCUT2D eigenvalue weighted by Crippen LogP contribution is -2.39. The van der Waals surface area contributed by atoms with Gasteiger partial charge in [0, 0.05) is 37.5 Å². The lowest BCUT2D eigenvalue weighted by molar-refractivity contribution is 0.0284. The van der Waals surface area contributed by atoms with Crippen LogP contribution >= 0.6 is 0 Å². The molecule has 0 spiro atoms. The van der Waals surface area contributed by atoms with Crippen LogP contribution in [0.25, 0.3) is 16.9 Å². The summed E-state index contributed by atoms with van der Waals surface area (Å²) in [5, 5.41) is 14.7. The number of alkyl halides is 1. The summed E-state index contributed by atoms with van der Waals surface area (Å²) in [6.45, 7) is 2.05. The predicted octanol–water partition coefficient (Wildman–Crippen LogP) is 1.95. The van der Waals surface area contributed by atoms with Gasteiger partial charge in [-0.15, -0.1) is 5.10 Å². The van der Waals surface area contributed by atoms with E-state index in [4.69, 9.17) is 9.47 Å². The predicted molar refractivity (Wildman–Crippen MR) is 98.9 cm³/mol. The first kappa shape index (κ1) is 17.5. The highest BCUT2D eigenvalue weighted by Crippen LogP contribution is 2.33. The van der Waals surface area contributed by atoms with E-state index in [-0.39, 0.29) is 18.6 Å². The van der Waals surface area contributed by atoms with Crippen LogP contribution in [-0.4, -0.2) is 68.4 Å². The van der Waals surface area contributed by atoms with Gasteiger partial charge in [0.25, 0.3) is 0 Å². The van der Waals surface area contributed by atoms with Gasteiger partial charge >= 0.3 is 0 Å². The van der Waals surface area contributed by atoms with Crippen molar-refractivity contribution >= 4 is 11.6 Å². The molecule has 0 aliphatic carbocycles. The number of hydrogen-bond acceptors (Lipinski definition) is 7. The largest absolute Gasteiger partial charge is 0.381 e. The molecular weight excluding hydrogens is 365 g/mol. The third-order valence-electron chi connectivity index (χ3n) is 5.39. The van der Waals surface area contributed by atoms with Gasteiger partial charge in [-0.2, -0.15) is 10.1 Å². The molecule has 0 amide bonds. The topological polar surface area (TPSA) is 102 Å². The Bertz CT molecular complexity index is 939. The molecule has 5 heterocycles. The van der Waals surface area contributed by atoms with Crippen molar-refractivity contribution in [2.75, 3.05) is 31.7 Å². The molecule has 2 unspecified atom stereocenters. The Morgan fingerprint density at radius 1 is 1.14 bits per heavy atom. The van der Waals surface area contributed by atoms with Crippen LogP contribution in [0.3, 0.4) is 0 Å². The maximum Gasteiger partial charge on any atom is 0.243 e. The third-order valence-corrected chi connectivity index (χ3v) is 5.39. The molecule has 0 radical (unpaired) electrons. The number of halogens is 1. The van der Waals surface area contributed by atoms with Gasteiger partial charge in [-0.05, 0) is 19.3 Å². The molecule has 5 rings (SSSR count). The van der Waals surface area contributed by atoms with E-state index in [0.717, 1.165) is 29.8 Å². The highest BCUT2D eigenvalue weighted by atomic mass is 19.1. The summed E-state index contributed by atoms with van der Waals surface area (Å²) in [7, 11) is 0. The number of nitrogens with zero attached hydrogens (tertiary/aromatic N) is 5. The lowest BCUT2D eigenvalue weighted by atomic mass is 9.93. The van der Waals surface area contributed by atoms with Crippen molar-refractivity contribution in [2.45, 2.75) is 37.4 Å². The minimum Gasteiger partial charge on any atom is -0.381 e. The van der Waals surface area contributed by atoms with Crippen molar-refractivity contribution in [3.63, 3.8) is 0 Å². The number of aromatic amines is 1. The number of nitrogens with one attached hydrogen (secondary N) is 2. The second-order valence-corrected chi connectivity index (χ2v) is 7.20. The summed E-state index contributed by atoms with van der Waals surface area (Å²) in [6.07, 6.45) is 6.56. The SMILES string of the molecule is FC1COCCC1Nc1nc2cnc(-c3cn[nH]c3)c(C3CCOCC3)n2n1. The zero-order valence-corrected chi connectivity index (χ0v) is 15.3. The molecule has 9 nitrogen and oxygen atoms in total. The Hall–Kier alpha value is -2.59. The van der Waals surface area contributed by atoms with Crippen LogP contribution in [0.2, 0.25) is 0 Å². The molecule has 2 N–H and O–H groups in total. The first-order valence-corrected chi connectivity index (χ1v) is 9.60. The van der Waals surface area contributed by atoms with Crippen LogP contribution in [0, 0.1) is 0 Å². The molecule has 3 aromatic heterocycles. The molecule has 28 heavy (non-hydrogen) atoms. The molecule has 2 saturated heterocycles. The Labute approximate surface area is 160 Å². The van der Waals surface area contributed by atoms with Crippen LogP contribution in [0.5, 0.6) is 0 Å². The lowest BCUT2D eigenvalue weighted by Gasteiger charge is -2.26. The Balaban J connectivity index is 1.55. The number of rotatable bonds is 4. The zero-order valence-electron chi connectivity index (χ0n) is 15.3. The fraction of sp³-hybridized carbons (Fsp3) is 0.556. The van der Waals surface area contributed by atoms with Gasteiger partial charge in [0.1, 0.15) is 6.17 Å². The van der Waals surface area contributed by atoms with E-state index < -0.39 is 6.17 Å². The van der Waals surface area contributed by atoms with E-state index in [2.05, 4.69) is 30.6 Å². The van der Waals surface area contributed by atoms with Crippen LogP contribution in [-0.2, 0) is 9.47 Å². The second kappa shape index (κ2) is 7.44. The van der Waals surface area contributed by atoms with Gasteiger partial charge in [0.15, 0.2) is 5.65 Å². The van der Waals surface area contributed by atoms with Crippen molar-refractivity contribution in [1.82, 2.24) is 29.8 Å². The molecule has 2 atom stereocenters. The van der Waals surface area contributed by atoms with Crippen molar-refractivity contribution in [2.24, 2.45) is 0 Å². The van der Waals surface area contributed by atoms with Crippen LogP contribution in [0.4, 0.5) is 10.3 Å². The fourth-order valence-electron chi connectivity index (χ4n) is 3.91. The van der Waals surface area contributed by atoms with Crippen molar-refractivity contribution in [3.05, 3.63) is 24.3 Å². The summed E-state index contributed by atoms with van der Waals surface area (Å²) in [5.74, 6) is 0.662. The summed E-state index contributed by atoms with van der Waals surface area (Å²) in [4.78, 5) is 9.19. The standard InChI is InChI=1S/C18H22FN7O2/c19-13-10-28-6-3-14(13)23-18-24-15-9-20-16(12-7-21-22-8-12)17(26(15)25-18)11-1-4-27-5-2-11/h7-9,11,13-14H,1-6,10H2,(H,21,22)(H,23,25). The van der Waals surface area contributed by atoms with Crippen LogP contribution in [0.1, 0.15) is 30.9 Å². The van der Waals surface area contributed by atoms with Gasteiger partial charge in [-0.1, -0.05) is 0 Å². The molecule has 0 saturated carbocycles. The number of ether oxygens (including phenoxy) is 2. The van der Waals surface area contributed by atoms with Crippen molar-refractivity contribution < 1.29 is 13.9 Å². The molecule has 2 fully saturated rings. The number of H-pyrrole nitrogens is 1. The van der Waals surface area contributed by atoms with Crippen LogP contribution < -0.4 is 5.32 Å². The smallest absolute Gasteiger partial charge is 0.243 e. The summed E-state index contributed by atoms with van der Waals surface area (Å²) in [6, 6.07) is -0.348. The molecule has 148 valence electrons. The minimum absolute atomic E-state index is 0.102. The van der Waals surface area contributed by atoms with E-state index in [9.17, 15) is 4.39 Å². The Kier molecular flexibility index (Phi) is 4.65. The number of fused-ring (bicyclic) bond motifs is 1. The maximum absolute atomic E-state index is 14.1. The third kappa shape index (κ3) is 3.22. The fourth-order valence-corrected chi connectivity index (χ4v) is 3.91. The minimum atomic E-state index is -1.07. The van der Waals surface area contributed by atoms with E-state index in [1.165, 1.54) is 0 Å². The summed E-state index contributed by atoms with van der Waals surface area (Å²) in [5.41, 5.74) is 3.37. The molecule has 10 heteroatoms. The van der Waals surface area contributed by atoms with Crippen molar-refractivity contribution in [1.29, 1.82) is 0 Å². The molecular formula is C18H22FN7O2. The normalized spacial score (nSPS) is 23.9. The van der Waals surface area contributed by atoms with E-state index >= 15 is 0 Å². The quantitative estimate of drug-likeness (QED) is 0.705. The first-order valence-electron chi connectivity index (χ1n) is 9.60. The highest BCUT2D eigenvalue weighted by Gasteiger charge is 2.28.